The topological polar surface area (TPSA) is 12.8 Å². The number of ether oxygens (including phenoxy) is 1. The SMILES string of the molecule is [CH2-][OH+]Cc1cccc(C)c1. The monoisotopic (exact) mass is 136 g/mol. The Balaban J connectivity index is 2.75. The molecular weight excluding hydrogens is 124 g/mol. The molecule has 0 radical (unpaired) electrons. The summed E-state index contributed by atoms with van der Waals surface area (Å²) in [5.41, 5.74) is 2.51. The standard InChI is InChI=1S/C9H12O/c1-8-4-3-5-9(6-8)7-10-2/h3-6,10H,2,7H2,1H3. The zero-order valence-corrected chi connectivity index (χ0v) is 6.17. The van der Waals surface area contributed by atoms with Gasteiger partial charge in [0.2, 0.25) is 0 Å². The number of aryl methyl sites for hydroxylation is 1. The van der Waals surface area contributed by atoms with Gasteiger partial charge in [0.1, 0.15) is 6.61 Å². The van der Waals surface area contributed by atoms with E-state index in [0.717, 1.165) is 6.61 Å². The fourth-order valence-corrected chi connectivity index (χ4v) is 0.940. The van der Waals surface area contributed by atoms with E-state index in [1.165, 1.54) is 11.1 Å². The van der Waals surface area contributed by atoms with E-state index < -0.39 is 0 Å². The molecule has 1 aromatic carbocycles. The van der Waals surface area contributed by atoms with Crippen LogP contribution in [-0.4, -0.2) is 4.74 Å². The first kappa shape index (κ1) is 7.29. The van der Waals surface area contributed by atoms with Gasteiger partial charge in [-0.15, -0.1) is 0 Å². The molecular formula is C9H12O. The molecule has 0 aromatic heterocycles. The number of hydrogen-bond donors (Lipinski definition) is 0. The zero-order chi connectivity index (χ0) is 7.40. The second kappa shape index (κ2) is 3.37. The van der Waals surface area contributed by atoms with Gasteiger partial charge in [-0.25, -0.2) is 0 Å². The molecule has 0 aliphatic rings. The Hall–Kier alpha value is -0.820. The van der Waals surface area contributed by atoms with Crippen LogP contribution in [0, 0.1) is 14.0 Å². The highest BCUT2D eigenvalue weighted by Gasteiger charge is 1.90. The molecule has 10 heavy (non-hydrogen) atoms. The molecule has 54 valence electrons. The van der Waals surface area contributed by atoms with Gasteiger partial charge in [0.25, 0.3) is 0 Å². The molecule has 0 aliphatic carbocycles. The van der Waals surface area contributed by atoms with Gasteiger partial charge in [0, 0.05) is 5.56 Å². The molecule has 0 fully saturated rings. The lowest BCUT2D eigenvalue weighted by Crippen LogP contribution is -1.89. The predicted molar refractivity (Wildman–Crippen MR) is 42.5 cm³/mol. The van der Waals surface area contributed by atoms with Gasteiger partial charge in [-0.05, 0) is 13.0 Å². The molecule has 0 bridgehead atoms. The Morgan fingerprint density at radius 1 is 1.50 bits per heavy atom. The Morgan fingerprint density at radius 3 is 2.90 bits per heavy atom. The largest absolute Gasteiger partial charge is 0.578 e. The van der Waals surface area contributed by atoms with Crippen molar-refractivity contribution in [3.63, 3.8) is 0 Å². The van der Waals surface area contributed by atoms with Crippen molar-refractivity contribution in [1.82, 2.24) is 0 Å². The smallest absolute Gasteiger partial charge is 0.145 e. The molecule has 1 aromatic rings. The van der Waals surface area contributed by atoms with Gasteiger partial charge in [0.05, 0.1) is 0 Å². The lowest BCUT2D eigenvalue weighted by Gasteiger charge is -2.00. The summed E-state index contributed by atoms with van der Waals surface area (Å²) < 4.78 is 3.80. The van der Waals surface area contributed by atoms with E-state index in [9.17, 15) is 0 Å². The highest BCUT2D eigenvalue weighted by Crippen LogP contribution is 2.03. The van der Waals surface area contributed by atoms with Crippen molar-refractivity contribution in [2.75, 3.05) is 0 Å². The van der Waals surface area contributed by atoms with Crippen LogP contribution in [0.4, 0.5) is 0 Å². The zero-order valence-electron chi connectivity index (χ0n) is 6.17. The van der Waals surface area contributed by atoms with E-state index in [1.807, 2.05) is 6.07 Å². The second-order valence-corrected chi connectivity index (χ2v) is 2.37. The van der Waals surface area contributed by atoms with E-state index in [0.29, 0.717) is 0 Å². The Morgan fingerprint density at radius 2 is 2.30 bits per heavy atom. The number of hydrogen-bond acceptors (Lipinski definition) is 0. The Bertz CT molecular complexity index is 206. The van der Waals surface area contributed by atoms with Crippen molar-refractivity contribution in [3.05, 3.63) is 42.5 Å². The minimum absolute atomic E-state index is 0.724. The molecule has 0 atom stereocenters. The van der Waals surface area contributed by atoms with Crippen molar-refractivity contribution in [2.24, 2.45) is 0 Å². The first-order chi connectivity index (χ1) is 4.83. The molecule has 0 unspecified atom stereocenters. The number of aliphatic hydroxyl groups is 2. The van der Waals surface area contributed by atoms with E-state index in [2.05, 4.69) is 37.0 Å². The maximum Gasteiger partial charge on any atom is 0.145 e. The maximum atomic E-state index is 3.80. The average molecular weight is 136 g/mol. The van der Waals surface area contributed by atoms with E-state index in [-0.39, 0.29) is 0 Å². The second-order valence-electron chi connectivity index (χ2n) is 2.37. The van der Waals surface area contributed by atoms with Gasteiger partial charge >= 0.3 is 0 Å². The van der Waals surface area contributed by atoms with Gasteiger partial charge in [-0.1, -0.05) is 30.9 Å². The summed E-state index contributed by atoms with van der Waals surface area (Å²) in [5, 5.41) is 0. The molecule has 1 rings (SSSR count). The average Bonchev–Trinajstić information content (AvgIpc) is 1.88. The minimum atomic E-state index is 0.724. The van der Waals surface area contributed by atoms with Crippen LogP contribution in [0.1, 0.15) is 11.1 Å². The van der Waals surface area contributed by atoms with Crippen molar-refractivity contribution < 1.29 is 4.74 Å². The van der Waals surface area contributed by atoms with Crippen molar-refractivity contribution in [3.8, 4) is 0 Å². The van der Waals surface area contributed by atoms with Crippen LogP contribution in [-0.2, 0) is 6.61 Å². The van der Waals surface area contributed by atoms with Gasteiger partial charge in [0.15, 0.2) is 0 Å². The molecule has 0 saturated carbocycles. The maximum absolute atomic E-state index is 3.80. The van der Waals surface area contributed by atoms with Crippen LogP contribution in [0.25, 0.3) is 0 Å². The molecule has 0 aliphatic heterocycles. The molecule has 0 heterocycles. The van der Waals surface area contributed by atoms with Gasteiger partial charge in [-0.2, -0.15) is 0 Å². The molecule has 0 saturated heterocycles. The fourth-order valence-electron chi connectivity index (χ4n) is 0.940. The highest BCUT2D eigenvalue weighted by atomic mass is 16.5. The third kappa shape index (κ3) is 1.85. The molecule has 1 heteroatoms. The third-order valence-corrected chi connectivity index (χ3v) is 1.38. The number of benzene rings is 1. The van der Waals surface area contributed by atoms with Crippen LogP contribution in [0.3, 0.4) is 0 Å². The predicted octanol–water partition coefficient (Wildman–Crippen LogP) is 1.81. The fraction of sp³-hybridized carbons (Fsp3) is 0.222. The van der Waals surface area contributed by atoms with Crippen LogP contribution in [0.5, 0.6) is 0 Å². The lowest BCUT2D eigenvalue weighted by atomic mass is 10.1. The Kier molecular flexibility index (Phi) is 2.46. The summed E-state index contributed by atoms with van der Waals surface area (Å²) in [7, 11) is 3.44. The quantitative estimate of drug-likeness (QED) is 0.434. The summed E-state index contributed by atoms with van der Waals surface area (Å²) >= 11 is 0. The van der Waals surface area contributed by atoms with Gasteiger partial charge in [-0.3, -0.25) is 0 Å². The normalized spacial score (nSPS) is 9.80. The summed E-state index contributed by atoms with van der Waals surface area (Å²) in [6, 6.07) is 8.29. The molecule has 0 spiro atoms. The first-order valence-electron chi connectivity index (χ1n) is 3.31. The summed E-state index contributed by atoms with van der Waals surface area (Å²) in [4.78, 5) is 0. The van der Waals surface area contributed by atoms with Gasteiger partial charge < -0.3 is 4.74 Å². The minimum Gasteiger partial charge on any atom is -0.578 e. The summed E-state index contributed by atoms with van der Waals surface area (Å²) in [5.74, 6) is 0. The molecule has 1 nitrogen and oxygen atoms in total. The van der Waals surface area contributed by atoms with Crippen LogP contribution >= 0.6 is 0 Å². The molecule has 0 amide bonds. The van der Waals surface area contributed by atoms with Crippen molar-refractivity contribution >= 4 is 0 Å². The van der Waals surface area contributed by atoms with Crippen LogP contribution < -0.4 is 0 Å². The lowest BCUT2D eigenvalue weighted by molar-refractivity contribution is 0.0400. The summed E-state index contributed by atoms with van der Waals surface area (Å²) in [6.45, 7) is 2.80. The summed E-state index contributed by atoms with van der Waals surface area (Å²) in [6.07, 6.45) is 0. The van der Waals surface area contributed by atoms with E-state index >= 15 is 0 Å². The number of rotatable bonds is 2. The first-order valence-corrected chi connectivity index (χ1v) is 3.31. The van der Waals surface area contributed by atoms with Crippen LogP contribution in [0.15, 0.2) is 24.3 Å². The van der Waals surface area contributed by atoms with Crippen molar-refractivity contribution in [2.45, 2.75) is 13.5 Å². The van der Waals surface area contributed by atoms with E-state index in [4.69, 9.17) is 0 Å². The van der Waals surface area contributed by atoms with Crippen molar-refractivity contribution in [1.29, 1.82) is 0 Å². The van der Waals surface area contributed by atoms with Crippen LogP contribution in [0.2, 0.25) is 0 Å². The highest BCUT2D eigenvalue weighted by molar-refractivity contribution is 5.21. The third-order valence-electron chi connectivity index (χ3n) is 1.38. The van der Waals surface area contributed by atoms with E-state index in [1.54, 1.807) is 0 Å². The molecule has 1 N–H and O–H groups in total. The Labute approximate surface area is 61.6 Å².